The second-order valence-electron chi connectivity index (χ2n) is 8.84. The lowest BCUT2D eigenvalue weighted by Crippen LogP contribution is -2.21. The van der Waals surface area contributed by atoms with Gasteiger partial charge in [-0.3, -0.25) is 9.78 Å². The number of methoxy groups -OCH3 is 1. The van der Waals surface area contributed by atoms with E-state index in [0.717, 1.165) is 11.6 Å². The highest BCUT2D eigenvalue weighted by Gasteiger charge is 2.16. The number of halogens is 1. The molecule has 10 nitrogen and oxygen atoms in total. The van der Waals surface area contributed by atoms with Gasteiger partial charge in [-0.1, -0.05) is 0 Å². The number of aromatic nitrogens is 1. The fourth-order valence-electron chi connectivity index (χ4n) is 4.20. The minimum absolute atomic E-state index is 0.0391. The van der Waals surface area contributed by atoms with E-state index in [1.807, 2.05) is 0 Å². The highest BCUT2D eigenvalue weighted by molar-refractivity contribution is 6.00. The number of ether oxygens (including phenoxy) is 3. The van der Waals surface area contributed by atoms with Crippen LogP contribution >= 0.6 is 0 Å². The third-order valence-electron chi connectivity index (χ3n) is 6.12. The van der Waals surface area contributed by atoms with Crippen molar-refractivity contribution < 1.29 is 28.2 Å². The van der Waals surface area contributed by atoms with Gasteiger partial charge in [0.1, 0.15) is 29.7 Å². The first kappa shape index (κ1) is 26.4. The summed E-state index contributed by atoms with van der Waals surface area (Å²) in [5.41, 5.74) is 2.92. The zero-order chi connectivity index (χ0) is 28.1. The molecule has 40 heavy (non-hydrogen) atoms. The van der Waals surface area contributed by atoms with E-state index >= 15 is 0 Å². The Labute approximate surface area is 228 Å². The van der Waals surface area contributed by atoms with E-state index < -0.39 is 11.8 Å². The highest BCUT2D eigenvalue weighted by Crippen LogP contribution is 2.38. The standard InChI is InChI=1S/C29H24FN5O5/c1-31-25-15-20-24(16-27(25)39-12-11-38-2)32-10-9-26(20)40-19-5-7-23(21(30)14-19)35-29(37)33-18-4-6-22-17(13-18)3-8-28(36)34-22/h4-7,9-10,13-16H,3,8,11-12H2,2H3,(H,34,36)(H2,33,35,37). The predicted octanol–water partition coefficient (Wildman–Crippen LogP) is 6.27. The quantitative estimate of drug-likeness (QED) is 0.179. The second kappa shape index (κ2) is 11.7. The van der Waals surface area contributed by atoms with E-state index in [1.165, 1.54) is 12.1 Å². The fraction of sp³-hybridized carbons (Fsp3) is 0.172. The Morgan fingerprint density at radius 2 is 1.95 bits per heavy atom. The topological polar surface area (TPSA) is 115 Å². The normalized spacial score (nSPS) is 12.2. The monoisotopic (exact) mass is 541 g/mol. The largest absolute Gasteiger partial charge is 0.502 e. The lowest BCUT2D eigenvalue weighted by Gasteiger charge is -2.18. The van der Waals surface area contributed by atoms with Crippen molar-refractivity contribution in [1.29, 1.82) is 0 Å². The minimum atomic E-state index is -0.699. The van der Waals surface area contributed by atoms with E-state index in [2.05, 4.69) is 25.8 Å². The molecule has 11 heteroatoms. The van der Waals surface area contributed by atoms with Crippen molar-refractivity contribution in [2.45, 2.75) is 12.8 Å². The molecule has 4 aromatic rings. The number of hydrogen-bond acceptors (Lipinski definition) is 6. The third-order valence-corrected chi connectivity index (χ3v) is 6.12. The van der Waals surface area contributed by atoms with Crippen LogP contribution < -0.4 is 25.4 Å². The summed E-state index contributed by atoms with van der Waals surface area (Å²) in [6.45, 7) is 8.16. The Kier molecular flexibility index (Phi) is 7.70. The van der Waals surface area contributed by atoms with Crippen molar-refractivity contribution in [3.8, 4) is 17.2 Å². The molecule has 1 aliphatic rings. The summed E-state index contributed by atoms with van der Waals surface area (Å²) in [6, 6.07) is 13.5. The van der Waals surface area contributed by atoms with Crippen LogP contribution in [0.5, 0.6) is 17.2 Å². The highest BCUT2D eigenvalue weighted by atomic mass is 19.1. The van der Waals surface area contributed by atoms with Crippen LogP contribution in [0.2, 0.25) is 0 Å². The number of rotatable bonds is 8. The predicted molar refractivity (Wildman–Crippen MR) is 148 cm³/mol. The van der Waals surface area contributed by atoms with E-state index in [1.54, 1.807) is 49.7 Å². The maximum Gasteiger partial charge on any atom is 0.323 e. The Hall–Kier alpha value is -5.21. The van der Waals surface area contributed by atoms with Crippen LogP contribution in [0, 0.1) is 12.4 Å². The van der Waals surface area contributed by atoms with Crippen molar-refractivity contribution in [2.75, 3.05) is 36.3 Å². The first-order chi connectivity index (χ1) is 19.4. The van der Waals surface area contributed by atoms with Crippen LogP contribution in [0.25, 0.3) is 15.7 Å². The van der Waals surface area contributed by atoms with Gasteiger partial charge in [0.15, 0.2) is 0 Å². The second-order valence-corrected chi connectivity index (χ2v) is 8.84. The van der Waals surface area contributed by atoms with Gasteiger partial charge in [-0.2, -0.15) is 0 Å². The summed E-state index contributed by atoms with van der Waals surface area (Å²) in [4.78, 5) is 31.9. The number of fused-ring (bicyclic) bond motifs is 2. The number of hydrogen-bond donors (Lipinski definition) is 3. The van der Waals surface area contributed by atoms with E-state index in [4.69, 9.17) is 20.8 Å². The van der Waals surface area contributed by atoms with Gasteiger partial charge in [-0.05, 0) is 60.5 Å². The molecule has 0 fully saturated rings. The Morgan fingerprint density at radius 3 is 2.75 bits per heavy atom. The SMILES string of the molecule is [C-]#[N+]c1cc2c(Oc3ccc(NC(=O)Nc4ccc5c(c4)CCC(=O)N5)c(F)c3)ccnc2cc1OCCOC. The lowest BCUT2D eigenvalue weighted by molar-refractivity contribution is -0.116. The Morgan fingerprint density at radius 1 is 1.07 bits per heavy atom. The zero-order valence-corrected chi connectivity index (χ0v) is 21.4. The van der Waals surface area contributed by atoms with Crippen LogP contribution in [0.4, 0.5) is 31.9 Å². The number of benzene rings is 3. The number of nitrogens with zero attached hydrogens (tertiary/aromatic N) is 2. The van der Waals surface area contributed by atoms with Crippen LogP contribution in [0.15, 0.2) is 60.8 Å². The Bertz CT molecular complexity index is 1650. The van der Waals surface area contributed by atoms with Crippen molar-refractivity contribution in [3.63, 3.8) is 0 Å². The van der Waals surface area contributed by atoms with Gasteiger partial charge in [0, 0.05) is 42.6 Å². The number of urea groups is 1. The molecule has 0 radical (unpaired) electrons. The van der Waals surface area contributed by atoms with Crippen LogP contribution in [-0.2, 0) is 16.0 Å². The van der Waals surface area contributed by atoms with Gasteiger partial charge in [-0.25, -0.2) is 14.0 Å². The molecule has 3 N–H and O–H groups in total. The maximum atomic E-state index is 14.9. The van der Waals surface area contributed by atoms with Crippen molar-refractivity contribution >= 4 is 45.6 Å². The van der Waals surface area contributed by atoms with Crippen molar-refractivity contribution in [2.24, 2.45) is 0 Å². The first-order valence-electron chi connectivity index (χ1n) is 12.3. The van der Waals surface area contributed by atoms with Crippen LogP contribution in [-0.4, -0.2) is 37.2 Å². The summed E-state index contributed by atoms with van der Waals surface area (Å²) in [6.07, 6.45) is 2.49. The molecule has 0 unspecified atom stereocenters. The van der Waals surface area contributed by atoms with E-state index in [9.17, 15) is 14.0 Å². The molecule has 1 aliphatic heterocycles. The molecule has 1 aromatic heterocycles. The van der Waals surface area contributed by atoms with Gasteiger partial charge in [0.05, 0.1) is 24.4 Å². The first-order valence-corrected chi connectivity index (χ1v) is 12.3. The van der Waals surface area contributed by atoms with Gasteiger partial charge in [-0.15, -0.1) is 0 Å². The molecule has 202 valence electrons. The van der Waals surface area contributed by atoms with Crippen molar-refractivity contribution in [1.82, 2.24) is 4.98 Å². The molecule has 0 aliphatic carbocycles. The molecule has 0 saturated carbocycles. The molecule has 0 spiro atoms. The average molecular weight is 542 g/mol. The molecule has 2 heterocycles. The number of carbonyl (C=O) groups is 2. The lowest BCUT2D eigenvalue weighted by atomic mass is 10.0. The molecule has 0 atom stereocenters. The molecule has 3 aromatic carbocycles. The maximum absolute atomic E-state index is 14.9. The summed E-state index contributed by atoms with van der Waals surface area (Å²) in [5, 5.41) is 8.51. The summed E-state index contributed by atoms with van der Waals surface area (Å²) in [7, 11) is 1.56. The smallest absolute Gasteiger partial charge is 0.323 e. The van der Waals surface area contributed by atoms with Gasteiger partial charge in [0.2, 0.25) is 11.6 Å². The van der Waals surface area contributed by atoms with E-state index in [0.29, 0.717) is 53.2 Å². The summed E-state index contributed by atoms with van der Waals surface area (Å²) < 4.78 is 31.5. The number of anilines is 3. The van der Waals surface area contributed by atoms with Gasteiger partial charge < -0.3 is 30.2 Å². The number of carbonyl (C=O) groups excluding carboxylic acids is 2. The summed E-state index contributed by atoms with van der Waals surface area (Å²) >= 11 is 0. The third kappa shape index (κ3) is 5.92. The molecule has 3 amide bonds. The van der Waals surface area contributed by atoms with Gasteiger partial charge in [0.25, 0.3) is 0 Å². The molecular weight excluding hydrogens is 517 g/mol. The zero-order valence-electron chi connectivity index (χ0n) is 21.4. The number of nitrogens with one attached hydrogen (secondary N) is 3. The van der Waals surface area contributed by atoms with Crippen LogP contribution in [0.1, 0.15) is 12.0 Å². The average Bonchev–Trinajstić information content (AvgIpc) is 2.94. The minimum Gasteiger partial charge on any atom is -0.502 e. The van der Waals surface area contributed by atoms with Gasteiger partial charge >= 0.3 is 6.03 Å². The molecular formula is C29H24FN5O5. The molecule has 0 bridgehead atoms. The van der Waals surface area contributed by atoms with Crippen molar-refractivity contribution in [3.05, 3.63) is 83.6 Å². The molecule has 5 rings (SSSR count). The van der Waals surface area contributed by atoms with Crippen LogP contribution in [0.3, 0.4) is 0 Å². The number of pyridine rings is 1. The number of amides is 3. The van der Waals surface area contributed by atoms with E-state index in [-0.39, 0.29) is 29.6 Å². The number of aryl methyl sites for hydroxylation is 1. The molecule has 0 saturated heterocycles. The summed E-state index contributed by atoms with van der Waals surface area (Å²) in [5.74, 6) is 0.203. The fourth-order valence-corrected chi connectivity index (χ4v) is 4.20. The Balaban J connectivity index is 1.28.